The largest absolute Gasteiger partial charge is 0.493 e. The summed E-state index contributed by atoms with van der Waals surface area (Å²) in [5.74, 6) is 1.93. The van der Waals surface area contributed by atoms with Crippen molar-refractivity contribution < 1.29 is 19.0 Å². The molecule has 3 aromatic rings. The summed E-state index contributed by atoms with van der Waals surface area (Å²) in [4.78, 5) is 20.7. The zero-order valence-corrected chi connectivity index (χ0v) is 21.0. The number of hydrogen-bond acceptors (Lipinski definition) is 7. The fourth-order valence-electron chi connectivity index (χ4n) is 6.44. The Morgan fingerprint density at radius 2 is 1.69 bits per heavy atom. The van der Waals surface area contributed by atoms with E-state index in [0.717, 1.165) is 76.1 Å². The summed E-state index contributed by atoms with van der Waals surface area (Å²) in [7, 11) is 3.23. The first-order valence-corrected chi connectivity index (χ1v) is 12.8. The molecular formula is C27H33N5O4. The molecule has 4 aliphatic rings. The number of methoxy groups -OCH3 is 2. The molecule has 0 spiro atoms. The molecule has 3 aliphatic carbocycles. The van der Waals surface area contributed by atoms with Crippen molar-refractivity contribution in [2.24, 2.45) is 5.41 Å². The number of nitrogens with zero attached hydrogens (tertiary/aromatic N) is 4. The molecule has 7 rings (SSSR count). The highest BCUT2D eigenvalue weighted by Gasteiger charge is 2.54. The molecular weight excluding hydrogens is 458 g/mol. The molecule has 190 valence electrons. The Kier molecular flexibility index (Phi) is 5.84. The maximum atomic E-state index is 13.6. The fourth-order valence-corrected chi connectivity index (χ4v) is 6.44. The van der Waals surface area contributed by atoms with Crippen LogP contribution in [0.3, 0.4) is 0 Å². The Balaban J connectivity index is 1.21. The molecule has 0 unspecified atom stereocenters. The second-order valence-corrected chi connectivity index (χ2v) is 10.3. The summed E-state index contributed by atoms with van der Waals surface area (Å²) in [5, 5.41) is 7.86. The molecule has 4 fully saturated rings. The lowest BCUT2D eigenvalue weighted by atomic mass is 9.56. The van der Waals surface area contributed by atoms with Crippen molar-refractivity contribution in [1.29, 1.82) is 0 Å². The fraction of sp³-hybridized carbons (Fsp3) is 0.519. The monoisotopic (exact) mass is 491 g/mol. The quantitative estimate of drug-likeness (QED) is 0.561. The summed E-state index contributed by atoms with van der Waals surface area (Å²) in [6.45, 7) is 3.66. The number of fused-ring (bicyclic) bond motifs is 4. The zero-order valence-electron chi connectivity index (χ0n) is 21.0. The van der Waals surface area contributed by atoms with Gasteiger partial charge in [0.05, 0.1) is 33.1 Å². The first-order valence-electron chi connectivity index (χ1n) is 12.8. The van der Waals surface area contributed by atoms with Gasteiger partial charge in [-0.1, -0.05) is 0 Å². The van der Waals surface area contributed by atoms with Gasteiger partial charge in [-0.3, -0.25) is 9.69 Å². The summed E-state index contributed by atoms with van der Waals surface area (Å²) in [5.41, 5.74) is 2.40. The molecule has 3 heterocycles. The number of hydrogen-bond donors (Lipinski definition) is 1. The molecule has 9 nitrogen and oxygen atoms in total. The van der Waals surface area contributed by atoms with E-state index in [1.807, 2.05) is 30.3 Å². The third-order valence-electron chi connectivity index (χ3n) is 8.65. The second-order valence-electron chi connectivity index (χ2n) is 10.3. The van der Waals surface area contributed by atoms with E-state index in [2.05, 4.69) is 15.2 Å². The highest BCUT2D eigenvalue weighted by atomic mass is 16.5. The molecule has 2 bridgehead atoms. The molecule has 9 heteroatoms. The van der Waals surface area contributed by atoms with Crippen LogP contribution in [0.1, 0.15) is 38.5 Å². The van der Waals surface area contributed by atoms with Gasteiger partial charge < -0.3 is 19.5 Å². The van der Waals surface area contributed by atoms with Crippen LogP contribution in [0, 0.1) is 5.41 Å². The van der Waals surface area contributed by atoms with Gasteiger partial charge in [-0.05, 0) is 62.8 Å². The Labute approximate surface area is 210 Å². The van der Waals surface area contributed by atoms with E-state index in [9.17, 15) is 4.79 Å². The number of amides is 1. The van der Waals surface area contributed by atoms with Crippen LogP contribution in [0.5, 0.6) is 11.5 Å². The first-order chi connectivity index (χ1) is 17.6. The highest BCUT2D eigenvalue weighted by Crippen LogP contribution is 2.55. The highest BCUT2D eigenvalue weighted by molar-refractivity contribution is 5.95. The smallest absolute Gasteiger partial charge is 0.231 e. The lowest BCUT2D eigenvalue weighted by Crippen LogP contribution is -2.61. The molecule has 2 aromatic heterocycles. The maximum Gasteiger partial charge on any atom is 0.231 e. The normalized spacial score (nSPS) is 26.2. The summed E-state index contributed by atoms with van der Waals surface area (Å²) < 4.78 is 18.2. The Morgan fingerprint density at radius 3 is 2.39 bits per heavy atom. The average Bonchev–Trinajstić information content (AvgIpc) is 3.36. The number of carbonyl (C=O) groups is 1. The lowest BCUT2D eigenvalue weighted by Gasteiger charge is -2.57. The van der Waals surface area contributed by atoms with Crippen molar-refractivity contribution in [2.75, 3.05) is 45.8 Å². The Bertz CT molecular complexity index is 1260. The first kappa shape index (κ1) is 23.2. The summed E-state index contributed by atoms with van der Waals surface area (Å²) in [6.07, 6.45) is 7.78. The maximum absolute atomic E-state index is 13.6. The molecule has 36 heavy (non-hydrogen) atoms. The number of benzene rings is 1. The van der Waals surface area contributed by atoms with E-state index in [1.165, 1.54) is 0 Å². The van der Waals surface area contributed by atoms with E-state index < -0.39 is 0 Å². The van der Waals surface area contributed by atoms with Crippen molar-refractivity contribution in [2.45, 2.75) is 44.1 Å². The van der Waals surface area contributed by atoms with Gasteiger partial charge in [0.25, 0.3) is 0 Å². The number of anilines is 1. The summed E-state index contributed by atoms with van der Waals surface area (Å²) >= 11 is 0. The van der Waals surface area contributed by atoms with E-state index in [0.29, 0.717) is 23.0 Å². The van der Waals surface area contributed by atoms with Crippen LogP contribution < -0.4 is 14.8 Å². The van der Waals surface area contributed by atoms with Gasteiger partial charge in [0.1, 0.15) is 0 Å². The van der Waals surface area contributed by atoms with Crippen LogP contribution in [-0.4, -0.2) is 71.5 Å². The minimum absolute atomic E-state index is 0.0915. The van der Waals surface area contributed by atoms with E-state index in [1.54, 1.807) is 24.9 Å². The van der Waals surface area contributed by atoms with Crippen molar-refractivity contribution in [1.82, 2.24) is 19.5 Å². The van der Waals surface area contributed by atoms with Crippen LogP contribution in [0.4, 0.5) is 5.82 Å². The SMILES string of the molecule is COc1ccc(-c2ccnc3cc(NC(=O)C45CCC(N6CCOCC6)(CC4)CC5)nn23)cc1OC. The van der Waals surface area contributed by atoms with Gasteiger partial charge in [0.2, 0.25) is 5.91 Å². The Hall–Kier alpha value is -3.17. The van der Waals surface area contributed by atoms with Crippen LogP contribution in [0.2, 0.25) is 0 Å². The van der Waals surface area contributed by atoms with Crippen molar-refractivity contribution in [3.8, 4) is 22.8 Å². The van der Waals surface area contributed by atoms with E-state index in [4.69, 9.17) is 19.3 Å². The predicted molar refractivity (Wildman–Crippen MR) is 135 cm³/mol. The molecule has 0 radical (unpaired) electrons. The van der Waals surface area contributed by atoms with Crippen molar-refractivity contribution in [3.63, 3.8) is 0 Å². The topological polar surface area (TPSA) is 90.2 Å². The van der Waals surface area contributed by atoms with Crippen LogP contribution in [-0.2, 0) is 9.53 Å². The molecule has 1 aliphatic heterocycles. The number of morpholine rings is 1. The number of aromatic nitrogens is 3. The van der Waals surface area contributed by atoms with Gasteiger partial charge in [0, 0.05) is 41.9 Å². The predicted octanol–water partition coefficient (Wildman–Crippen LogP) is 3.78. The summed E-state index contributed by atoms with van der Waals surface area (Å²) in [6, 6.07) is 9.48. The molecule has 1 N–H and O–H groups in total. The second kappa shape index (κ2) is 9.05. The molecule has 1 amide bonds. The Morgan fingerprint density at radius 1 is 0.972 bits per heavy atom. The van der Waals surface area contributed by atoms with E-state index >= 15 is 0 Å². The molecule has 1 saturated heterocycles. The van der Waals surface area contributed by atoms with E-state index in [-0.39, 0.29) is 16.9 Å². The average molecular weight is 492 g/mol. The van der Waals surface area contributed by atoms with Crippen LogP contribution >= 0.6 is 0 Å². The number of rotatable bonds is 6. The van der Waals surface area contributed by atoms with Gasteiger partial charge in [-0.15, -0.1) is 5.10 Å². The zero-order chi connectivity index (χ0) is 24.8. The molecule has 3 saturated carbocycles. The van der Waals surface area contributed by atoms with Gasteiger partial charge in [0.15, 0.2) is 23.0 Å². The van der Waals surface area contributed by atoms with Crippen LogP contribution in [0.15, 0.2) is 36.5 Å². The minimum Gasteiger partial charge on any atom is -0.493 e. The van der Waals surface area contributed by atoms with Gasteiger partial charge in [-0.25, -0.2) is 9.50 Å². The minimum atomic E-state index is -0.302. The van der Waals surface area contributed by atoms with Crippen LogP contribution in [0.25, 0.3) is 16.9 Å². The van der Waals surface area contributed by atoms with Gasteiger partial charge >= 0.3 is 0 Å². The third kappa shape index (κ3) is 3.81. The number of ether oxygens (including phenoxy) is 3. The molecule has 0 atom stereocenters. The third-order valence-corrected chi connectivity index (χ3v) is 8.65. The number of nitrogens with one attached hydrogen (secondary N) is 1. The van der Waals surface area contributed by atoms with Gasteiger partial charge in [-0.2, -0.15) is 0 Å². The number of carbonyl (C=O) groups excluding carboxylic acids is 1. The lowest BCUT2D eigenvalue weighted by molar-refractivity contribution is -0.140. The van der Waals surface area contributed by atoms with Crippen molar-refractivity contribution >= 4 is 17.4 Å². The standard InChI is InChI=1S/C27H33N5O4/c1-34-21-4-3-19(17-22(21)35-2)20-5-12-28-24-18-23(30-32(20)24)29-25(33)26-6-9-27(10-7-26,11-8-26)31-13-15-36-16-14-31/h3-5,12,17-18H,6-11,13-16H2,1-2H3,(H,29,30,33). The van der Waals surface area contributed by atoms with Crippen molar-refractivity contribution in [3.05, 3.63) is 36.5 Å². The molecule has 1 aromatic carbocycles.